The zero-order valence-electron chi connectivity index (χ0n) is 10.2. The van der Waals surface area contributed by atoms with E-state index >= 15 is 0 Å². The molecule has 2 bridgehead atoms. The number of rotatable bonds is 0. The van der Waals surface area contributed by atoms with Gasteiger partial charge in [-0.2, -0.15) is 0 Å². The van der Waals surface area contributed by atoms with Crippen LogP contribution in [0.25, 0.3) is 0 Å². The van der Waals surface area contributed by atoms with Gasteiger partial charge in [-0.15, -0.1) is 0 Å². The third kappa shape index (κ3) is 1.10. The largest absolute Gasteiger partial charge is 0.392 e. The van der Waals surface area contributed by atoms with Crippen LogP contribution in [-0.2, 0) is 10.2 Å². The molecule has 1 saturated carbocycles. The molecule has 0 amide bonds. The maximum absolute atomic E-state index is 12.4. The van der Waals surface area contributed by atoms with Crippen molar-refractivity contribution >= 4 is 5.78 Å². The van der Waals surface area contributed by atoms with E-state index in [1.807, 2.05) is 6.07 Å². The first kappa shape index (κ1) is 10.5. The quantitative estimate of drug-likeness (QED) is 0.707. The lowest BCUT2D eigenvalue weighted by atomic mass is 9.68. The maximum atomic E-state index is 12.4. The Morgan fingerprint density at radius 3 is 3.00 bits per heavy atom. The molecule has 2 heteroatoms. The Bertz CT molecular complexity index is 560. The first-order chi connectivity index (χ1) is 8.72. The number of ketones is 1. The van der Waals surface area contributed by atoms with E-state index in [1.165, 1.54) is 11.1 Å². The highest BCUT2D eigenvalue weighted by atomic mass is 16.3. The van der Waals surface area contributed by atoms with Gasteiger partial charge in [-0.25, -0.2) is 0 Å². The molecule has 0 radical (unpaired) electrons. The standard InChI is InChI=1S/C16H16O2/c17-13-6-8-16-7-5-10(9-14(18)15(13)16)11-3-1-2-4-12(11)16/h1-5,7,10,13,15,17H,6,8-9H2/t10-,13+,15+,16+/m1/s1. The average Bonchev–Trinajstić information content (AvgIpc) is 2.58. The molecule has 2 nitrogen and oxygen atoms in total. The van der Waals surface area contributed by atoms with E-state index in [4.69, 9.17) is 0 Å². The predicted molar refractivity (Wildman–Crippen MR) is 68.4 cm³/mol. The lowest BCUT2D eigenvalue weighted by molar-refractivity contribution is -0.126. The smallest absolute Gasteiger partial charge is 0.140 e. The molecular weight excluding hydrogens is 224 g/mol. The van der Waals surface area contributed by atoms with Crippen LogP contribution in [0.2, 0.25) is 0 Å². The van der Waals surface area contributed by atoms with E-state index in [1.54, 1.807) is 0 Å². The summed E-state index contributed by atoms with van der Waals surface area (Å²) in [5.74, 6) is 0.241. The molecule has 1 spiro atoms. The van der Waals surface area contributed by atoms with Crippen molar-refractivity contribution in [3.8, 4) is 0 Å². The molecule has 0 unspecified atom stereocenters. The molecule has 1 aromatic carbocycles. The molecule has 1 N–H and O–H groups in total. The molecule has 18 heavy (non-hydrogen) atoms. The van der Waals surface area contributed by atoms with Gasteiger partial charge in [-0.3, -0.25) is 4.79 Å². The van der Waals surface area contributed by atoms with Crippen LogP contribution in [-0.4, -0.2) is 17.0 Å². The Morgan fingerprint density at radius 1 is 1.28 bits per heavy atom. The van der Waals surface area contributed by atoms with Crippen molar-refractivity contribution in [2.24, 2.45) is 5.92 Å². The van der Waals surface area contributed by atoms with E-state index in [2.05, 4.69) is 30.4 Å². The highest BCUT2D eigenvalue weighted by molar-refractivity contribution is 5.87. The van der Waals surface area contributed by atoms with Gasteiger partial charge in [0.2, 0.25) is 0 Å². The molecule has 0 aromatic heterocycles. The highest BCUT2D eigenvalue weighted by Crippen LogP contribution is 2.55. The van der Waals surface area contributed by atoms with E-state index in [9.17, 15) is 9.90 Å². The van der Waals surface area contributed by atoms with Crippen LogP contribution in [0, 0.1) is 5.92 Å². The molecule has 5 rings (SSSR count). The number of aliphatic hydroxyl groups is 1. The summed E-state index contributed by atoms with van der Waals surface area (Å²) in [5.41, 5.74) is 2.36. The minimum Gasteiger partial charge on any atom is -0.392 e. The molecule has 0 aliphatic heterocycles. The molecular formula is C16H16O2. The van der Waals surface area contributed by atoms with E-state index in [0.717, 1.165) is 12.8 Å². The number of hydrogen-bond donors (Lipinski definition) is 1. The second kappa shape index (κ2) is 3.33. The Labute approximate surface area is 106 Å². The fourth-order valence-corrected chi connectivity index (χ4v) is 4.29. The SMILES string of the molecule is O=C1C[C@H]2C=C[C@]3(CC[C@H](O)[C@@H]13)c1ccccc12. The second-order valence-electron chi connectivity index (χ2n) is 5.85. The normalized spacial score (nSPS) is 40.5. The molecule has 0 heterocycles. The number of carbonyl (C=O) groups excluding carboxylic acids is 1. The summed E-state index contributed by atoms with van der Waals surface area (Å²) in [6, 6.07) is 8.39. The van der Waals surface area contributed by atoms with Gasteiger partial charge < -0.3 is 5.11 Å². The predicted octanol–water partition coefficient (Wildman–Crippen LogP) is 2.32. The van der Waals surface area contributed by atoms with Crippen LogP contribution in [0.15, 0.2) is 36.4 Å². The van der Waals surface area contributed by atoms with Crippen LogP contribution in [0.1, 0.15) is 36.3 Å². The summed E-state index contributed by atoms with van der Waals surface area (Å²) >= 11 is 0. The summed E-state index contributed by atoms with van der Waals surface area (Å²) in [4.78, 5) is 12.4. The van der Waals surface area contributed by atoms with Gasteiger partial charge in [0.15, 0.2) is 0 Å². The molecule has 1 fully saturated rings. The van der Waals surface area contributed by atoms with Gasteiger partial charge in [0, 0.05) is 17.8 Å². The third-order valence-corrected chi connectivity index (χ3v) is 5.05. The van der Waals surface area contributed by atoms with Crippen LogP contribution in [0.5, 0.6) is 0 Å². The summed E-state index contributed by atoms with van der Waals surface area (Å²) in [7, 11) is 0. The van der Waals surface area contributed by atoms with Crippen LogP contribution in [0.3, 0.4) is 0 Å². The number of allylic oxidation sites excluding steroid dienone is 2. The van der Waals surface area contributed by atoms with Crippen molar-refractivity contribution in [3.63, 3.8) is 0 Å². The van der Waals surface area contributed by atoms with E-state index in [0.29, 0.717) is 6.42 Å². The van der Waals surface area contributed by atoms with Crippen molar-refractivity contribution in [1.82, 2.24) is 0 Å². The van der Waals surface area contributed by atoms with E-state index < -0.39 is 6.10 Å². The van der Waals surface area contributed by atoms with Crippen molar-refractivity contribution < 1.29 is 9.90 Å². The topological polar surface area (TPSA) is 37.3 Å². The fraction of sp³-hybridized carbons (Fsp3) is 0.438. The Balaban J connectivity index is 2.02. The van der Waals surface area contributed by atoms with Gasteiger partial charge in [-0.1, -0.05) is 36.4 Å². The number of fused-ring (bicyclic) bond motifs is 1. The monoisotopic (exact) mass is 240 g/mol. The van der Waals surface area contributed by atoms with Gasteiger partial charge >= 0.3 is 0 Å². The van der Waals surface area contributed by atoms with Gasteiger partial charge in [0.25, 0.3) is 0 Å². The molecule has 92 valence electrons. The van der Waals surface area contributed by atoms with Gasteiger partial charge in [0.05, 0.1) is 12.0 Å². The Hall–Kier alpha value is -1.41. The number of carbonyl (C=O) groups is 1. The van der Waals surface area contributed by atoms with Gasteiger partial charge in [0.1, 0.15) is 5.78 Å². The summed E-state index contributed by atoms with van der Waals surface area (Å²) < 4.78 is 0. The first-order valence-corrected chi connectivity index (χ1v) is 6.72. The highest BCUT2D eigenvalue weighted by Gasteiger charge is 2.55. The summed E-state index contributed by atoms with van der Waals surface area (Å²) in [6.45, 7) is 0. The minimum atomic E-state index is -0.466. The van der Waals surface area contributed by atoms with Crippen LogP contribution in [0.4, 0.5) is 0 Å². The molecule has 4 atom stereocenters. The third-order valence-electron chi connectivity index (χ3n) is 5.05. The number of hydrogen-bond acceptors (Lipinski definition) is 2. The Morgan fingerprint density at radius 2 is 2.11 bits per heavy atom. The summed E-state index contributed by atoms with van der Waals surface area (Å²) in [6.07, 6.45) is 6.12. The van der Waals surface area contributed by atoms with Crippen molar-refractivity contribution in [1.29, 1.82) is 0 Å². The zero-order valence-corrected chi connectivity index (χ0v) is 10.2. The number of aliphatic hydroxyl groups excluding tert-OH is 1. The second-order valence-corrected chi connectivity index (χ2v) is 5.85. The molecule has 0 saturated heterocycles. The fourth-order valence-electron chi connectivity index (χ4n) is 4.29. The van der Waals surface area contributed by atoms with E-state index in [-0.39, 0.29) is 23.0 Å². The molecule has 1 aromatic rings. The first-order valence-electron chi connectivity index (χ1n) is 6.72. The van der Waals surface area contributed by atoms with Crippen molar-refractivity contribution in [2.75, 3.05) is 0 Å². The summed E-state index contributed by atoms with van der Waals surface area (Å²) in [5, 5.41) is 10.2. The number of Topliss-reactive ketones (excluding diaryl/α,β-unsaturated/α-hetero) is 1. The minimum absolute atomic E-state index is 0.220. The molecule has 4 aliphatic carbocycles. The lowest BCUT2D eigenvalue weighted by Gasteiger charge is -2.35. The van der Waals surface area contributed by atoms with Crippen molar-refractivity contribution in [2.45, 2.75) is 36.7 Å². The molecule has 4 aliphatic rings. The lowest BCUT2D eigenvalue weighted by Crippen LogP contribution is -2.37. The van der Waals surface area contributed by atoms with Crippen LogP contribution < -0.4 is 0 Å². The Kier molecular flexibility index (Phi) is 1.94. The van der Waals surface area contributed by atoms with Gasteiger partial charge in [-0.05, 0) is 24.0 Å². The average molecular weight is 240 g/mol. The number of benzene rings is 1. The van der Waals surface area contributed by atoms with Crippen molar-refractivity contribution in [3.05, 3.63) is 47.5 Å². The zero-order chi connectivity index (χ0) is 12.3. The van der Waals surface area contributed by atoms with Crippen LogP contribution >= 0.6 is 0 Å². The maximum Gasteiger partial charge on any atom is 0.140 e.